The average molecular weight is 349 g/mol. The molecule has 0 spiro atoms. The summed E-state index contributed by atoms with van der Waals surface area (Å²) in [5, 5.41) is 14.0. The Bertz CT molecular complexity index is 482. The smallest absolute Gasteiger partial charge is 0.270 e. The van der Waals surface area contributed by atoms with Crippen LogP contribution in [0, 0.1) is 10.1 Å². The number of rotatable bonds is 7. The Morgan fingerprint density at radius 3 is 2.74 bits per heavy atom. The Labute approximate surface area is 123 Å². The Morgan fingerprint density at radius 2 is 2.16 bits per heavy atom. The maximum atomic E-state index is 11.0. The molecule has 1 N–H and O–H groups in total. The Kier molecular flexibility index (Phi) is 6.60. The van der Waals surface area contributed by atoms with Crippen molar-refractivity contribution >= 4 is 32.4 Å². The lowest BCUT2D eigenvalue weighted by Crippen LogP contribution is -2.27. The van der Waals surface area contributed by atoms with Crippen molar-refractivity contribution in [1.82, 2.24) is 5.32 Å². The van der Waals surface area contributed by atoms with Gasteiger partial charge in [-0.15, -0.1) is 0 Å². The van der Waals surface area contributed by atoms with E-state index in [1.807, 2.05) is 13.0 Å². The van der Waals surface area contributed by atoms with Gasteiger partial charge in [-0.1, -0.05) is 15.9 Å². The zero-order valence-corrected chi connectivity index (χ0v) is 13.3. The molecular formula is C12H17BrN2O3S. The van der Waals surface area contributed by atoms with Crippen LogP contribution in [0.15, 0.2) is 22.7 Å². The Hall–Kier alpha value is -0.790. The van der Waals surface area contributed by atoms with Crippen molar-refractivity contribution in [1.29, 1.82) is 0 Å². The van der Waals surface area contributed by atoms with Gasteiger partial charge in [0.1, 0.15) is 0 Å². The minimum atomic E-state index is -0.785. The van der Waals surface area contributed by atoms with Crippen molar-refractivity contribution in [2.45, 2.75) is 25.9 Å². The van der Waals surface area contributed by atoms with Gasteiger partial charge in [-0.25, -0.2) is 0 Å². The number of nitro benzene ring substituents is 1. The fourth-order valence-electron chi connectivity index (χ4n) is 1.58. The van der Waals surface area contributed by atoms with Crippen LogP contribution in [0.2, 0.25) is 0 Å². The van der Waals surface area contributed by atoms with Crippen molar-refractivity contribution in [2.75, 3.05) is 12.0 Å². The number of halogens is 1. The number of nitrogens with one attached hydrogen (secondary N) is 1. The van der Waals surface area contributed by atoms with E-state index in [1.165, 1.54) is 6.07 Å². The zero-order chi connectivity index (χ0) is 14.4. The molecule has 0 aliphatic rings. The van der Waals surface area contributed by atoms with Crippen LogP contribution in [0.25, 0.3) is 0 Å². The molecule has 0 fully saturated rings. The third-order valence-electron chi connectivity index (χ3n) is 2.65. The summed E-state index contributed by atoms with van der Waals surface area (Å²) in [4.78, 5) is 10.3. The number of benzene rings is 1. The first-order chi connectivity index (χ1) is 8.88. The normalized spacial score (nSPS) is 14.1. The molecule has 0 aromatic heterocycles. The number of hydrogen-bond donors (Lipinski definition) is 1. The van der Waals surface area contributed by atoms with E-state index in [9.17, 15) is 14.3 Å². The minimum absolute atomic E-state index is 0.0773. The van der Waals surface area contributed by atoms with Crippen molar-refractivity contribution in [3.63, 3.8) is 0 Å². The van der Waals surface area contributed by atoms with Crippen LogP contribution in [-0.2, 0) is 17.3 Å². The lowest BCUT2D eigenvalue weighted by atomic mass is 10.2. The van der Waals surface area contributed by atoms with Gasteiger partial charge in [0.25, 0.3) is 5.69 Å². The van der Waals surface area contributed by atoms with E-state index in [-0.39, 0.29) is 11.7 Å². The largest absolute Gasteiger partial charge is 0.310 e. The molecule has 0 radical (unpaired) electrons. The second-order valence-electron chi connectivity index (χ2n) is 4.42. The molecule has 5 nitrogen and oxygen atoms in total. The predicted molar refractivity (Wildman–Crippen MR) is 80.6 cm³/mol. The summed E-state index contributed by atoms with van der Waals surface area (Å²) in [6, 6.07) is 5.11. The van der Waals surface area contributed by atoms with Crippen molar-refractivity contribution in [2.24, 2.45) is 0 Å². The van der Waals surface area contributed by atoms with Gasteiger partial charge in [-0.2, -0.15) is 0 Å². The third kappa shape index (κ3) is 6.26. The fraction of sp³-hybridized carbons (Fsp3) is 0.500. The molecule has 0 saturated heterocycles. The molecule has 0 bridgehead atoms. The third-order valence-corrected chi connectivity index (χ3v) is 3.91. The molecule has 1 rings (SSSR count). The maximum absolute atomic E-state index is 11.0. The van der Waals surface area contributed by atoms with Crippen LogP contribution in [-0.4, -0.2) is 27.2 Å². The van der Waals surface area contributed by atoms with Gasteiger partial charge in [-0.3, -0.25) is 14.3 Å². The lowest BCUT2D eigenvalue weighted by molar-refractivity contribution is -0.385. The highest BCUT2D eigenvalue weighted by molar-refractivity contribution is 9.10. The zero-order valence-electron chi connectivity index (χ0n) is 10.9. The molecule has 0 heterocycles. The molecule has 7 heteroatoms. The first-order valence-corrected chi connectivity index (χ1v) is 8.37. The molecule has 1 aromatic carbocycles. The number of hydrogen-bond acceptors (Lipinski definition) is 4. The quantitative estimate of drug-likeness (QED) is 0.607. The van der Waals surface area contributed by atoms with E-state index in [4.69, 9.17) is 0 Å². The topological polar surface area (TPSA) is 72.2 Å². The van der Waals surface area contributed by atoms with Gasteiger partial charge in [0, 0.05) is 52.0 Å². The number of non-ortho nitro benzene ring substituents is 1. The van der Waals surface area contributed by atoms with Crippen LogP contribution in [0.4, 0.5) is 5.69 Å². The summed E-state index contributed by atoms with van der Waals surface area (Å²) in [5.41, 5.74) is 0.930. The van der Waals surface area contributed by atoms with Crippen LogP contribution in [0.3, 0.4) is 0 Å². The van der Waals surface area contributed by atoms with Gasteiger partial charge >= 0.3 is 0 Å². The van der Waals surface area contributed by atoms with Gasteiger partial charge in [0.05, 0.1) is 4.92 Å². The van der Waals surface area contributed by atoms with E-state index >= 15 is 0 Å². The fourth-order valence-corrected chi connectivity index (χ4v) is 2.79. The highest BCUT2D eigenvalue weighted by Gasteiger charge is 2.09. The lowest BCUT2D eigenvalue weighted by Gasteiger charge is -2.13. The summed E-state index contributed by atoms with van der Waals surface area (Å²) in [5.74, 6) is 0.660. The average Bonchev–Trinajstić information content (AvgIpc) is 2.33. The second kappa shape index (κ2) is 7.72. The molecule has 19 heavy (non-hydrogen) atoms. The van der Waals surface area contributed by atoms with Crippen molar-refractivity contribution in [3.8, 4) is 0 Å². The summed E-state index contributed by atoms with van der Waals surface area (Å²) in [6.45, 7) is 2.57. The van der Waals surface area contributed by atoms with E-state index in [0.29, 0.717) is 16.8 Å². The molecule has 1 aromatic rings. The molecule has 2 atom stereocenters. The first-order valence-electron chi connectivity index (χ1n) is 5.85. The first kappa shape index (κ1) is 16.3. The number of nitrogens with zero attached hydrogens (tertiary/aromatic N) is 1. The van der Waals surface area contributed by atoms with E-state index in [0.717, 1.165) is 12.0 Å². The molecular weight excluding hydrogens is 332 g/mol. The molecule has 0 aliphatic heterocycles. The standard InChI is InChI=1S/C12H17BrN2O3S/c1-9(3-4-19(2)18)14-8-10-5-11(13)7-12(6-10)15(16)17/h5-7,9,14H,3-4,8H2,1-2H3. The highest BCUT2D eigenvalue weighted by Crippen LogP contribution is 2.21. The predicted octanol–water partition coefficient (Wildman–Crippen LogP) is 2.60. The van der Waals surface area contributed by atoms with Crippen molar-refractivity contribution < 1.29 is 9.13 Å². The molecule has 0 amide bonds. The summed E-state index contributed by atoms with van der Waals surface area (Å²) < 4.78 is 11.7. The van der Waals surface area contributed by atoms with E-state index < -0.39 is 15.7 Å². The van der Waals surface area contributed by atoms with E-state index in [2.05, 4.69) is 21.2 Å². The SMILES string of the molecule is CC(CCS(C)=O)NCc1cc(Br)cc([N+](=O)[O-])c1. The van der Waals surface area contributed by atoms with Crippen LogP contribution < -0.4 is 5.32 Å². The monoisotopic (exact) mass is 348 g/mol. The summed E-state index contributed by atoms with van der Waals surface area (Å²) in [7, 11) is -0.785. The maximum Gasteiger partial charge on any atom is 0.270 e. The van der Waals surface area contributed by atoms with Crippen molar-refractivity contribution in [3.05, 3.63) is 38.3 Å². The Morgan fingerprint density at radius 1 is 1.47 bits per heavy atom. The van der Waals surface area contributed by atoms with E-state index in [1.54, 1.807) is 12.3 Å². The van der Waals surface area contributed by atoms with Gasteiger partial charge in [0.15, 0.2) is 0 Å². The molecule has 2 unspecified atom stereocenters. The Balaban J connectivity index is 2.57. The molecule has 0 saturated carbocycles. The van der Waals surface area contributed by atoms with Gasteiger partial charge in [-0.05, 0) is 25.0 Å². The molecule has 0 aliphatic carbocycles. The summed E-state index contributed by atoms with van der Waals surface area (Å²) in [6.07, 6.45) is 2.50. The molecule has 106 valence electrons. The van der Waals surface area contributed by atoms with Crippen LogP contribution in [0.5, 0.6) is 0 Å². The van der Waals surface area contributed by atoms with Gasteiger partial charge in [0.2, 0.25) is 0 Å². The second-order valence-corrected chi connectivity index (χ2v) is 6.89. The minimum Gasteiger partial charge on any atom is -0.310 e. The van der Waals surface area contributed by atoms with Gasteiger partial charge < -0.3 is 5.32 Å². The number of nitro groups is 1. The highest BCUT2D eigenvalue weighted by atomic mass is 79.9. The van der Waals surface area contributed by atoms with Crippen LogP contribution >= 0.6 is 15.9 Å². The summed E-state index contributed by atoms with van der Waals surface area (Å²) >= 11 is 3.27. The van der Waals surface area contributed by atoms with Crippen LogP contribution in [0.1, 0.15) is 18.9 Å².